The van der Waals surface area contributed by atoms with Crippen LogP contribution >= 0.6 is 11.3 Å². The van der Waals surface area contributed by atoms with Crippen LogP contribution in [0.3, 0.4) is 0 Å². The maximum Gasteiger partial charge on any atom is 0.230 e. The maximum atomic E-state index is 12.6. The van der Waals surface area contributed by atoms with Crippen molar-refractivity contribution >= 4 is 34.0 Å². The van der Waals surface area contributed by atoms with Crippen LogP contribution in [0.5, 0.6) is 11.5 Å². The van der Waals surface area contributed by atoms with Gasteiger partial charge in [0.25, 0.3) is 0 Å². The first-order chi connectivity index (χ1) is 15.0. The summed E-state index contributed by atoms with van der Waals surface area (Å²) in [6.45, 7) is 3.83. The third-order valence-electron chi connectivity index (χ3n) is 4.23. The van der Waals surface area contributed by atoms with Gasteiger partial charge in [0, 0.05) is 16.8 Å². The molecule has 4 rings (SSSR count). The molecule has 0 aliphatic rings. The van der Waals surface area contributed by atoms with Gasteiger partial charge in [-0.3, -0.25) is 4.79 Å². The number of amides is 1. The fourth-order valence-electron chi connectivity index (χ4n) is 2.96. The largest absolute Gasteiger partial charge is 0.455 e. The van der Waals surface area contributed by atoms with Gasteiger partial charge in [0.15, 0.2) is 10.9 Å². The number of benzene rings is 2. The van der Waals surface area contributed by atoms with Gasteiger partial charge >= 0.3 is 0 Å². The second-order valence-electron chi connectivity index (χ2n) is 6.88. The smallest absolute Gasteiger partial charge is 0.230 e. The zero-order chi connectivity index (χ0) is 21.6. The second-order valence-corrected chi connectivity index (χ2v) is 7.74. The Balaban J connectivity index is 1.40. The van der Waals surface area contributed by atoms with Gasteiger partial charge in [0.1, 0.15) is 5.75 Å². The molecule has 156 valence electrons. The SMILES string of the molecule is Cc1cc(C)nc(Nc2nc(CC(=O)Nc3ccccc3Oc3ccccc3)cs2)n1. The molecule has 31 heavy (non-hydrogen) atoms. The number of nitrogens with zero attached hydrogens (tertiary/aromatic N) is 3. The molecule has 0 unspecified atom stereocenters. The molecule has 0 aliphatic heterocycles. The Labute approximate surface area is 184 Å². The lowest BCUT2D eigenvalue weighted by Crippen LogP contribution is -2.15. The number of aryl methyl sites for hydroxylation is 2. The number of anilines is 3. The number of aromatic nitrogens is 3. The molecule has 0 spiro atoms. The van der Waals surface area contributed by atoms with Crippen molar-refractivity contribution in [3.05, 3.63) is 83.1 Å². The monoisotopic (exact) mass is 431 g/mol. The summed E-state index contributed by atoms with van der Waals surface area (Å²) in [5.41, 5.74) is 3.02. The molecule has 8 heteroatoms. The minimum atomic E-state index is -0.177. The van der Waals surface area contributed by atoms with E-state index in [4.69, 9.17) is 4.74 Å². The number of hydrogen-bond acceptors (Lipinski definition) is 7. The van der Waals surface area contributed by atoms with Gasteiger partial charge in [-0.05, 0) is 44.2 Å². The zero-order valence-electron chi connectivity index (χ0n) is 17.1. The van der Waals surface area contributed by atoms with E-state index < -0.39 is 0 Å². The third-order valence-corrected chi connectivity index (χ3v) is 5.03. The number of rotatable bonds is 7. The van der Waals surface area contributed by atoms with Crippen molar-refractivity contribution in [2.75, 3.05) is 10.6 Å². The number of hydrogen-bond donors (Lipinski definition) is 2. The molecule has 1 amide bonds. The molecule has 4 aromatic rings. The molecular formula is C23H21N5O2S. The van der Waals surface area contributed by atoms with E-state index in [0.29, 0.717) is 34.0 Å². The van der Waals surface area contributed by atoms with Crippen LogP contribution in [0, 0.1) is 13.8 Å². The van der Waals surface area contributed by atoms with Crippen LogP contribution in [0.2, 0.25) is 0 Å². The van der Waals surface area contributed by atoms with E-state index in [9.17, 15) is 4.79 Å². The lowest BCUT2D eigenvalue weighted by Gasteiger charge is -2.11. The molecule has 0 fully saturated rings. The topological polar surface area (TPSA) is 89.0 Å². The summed E-state index contributed by atoms with van der Waals surface area (Å²) in [4.78, 5) is 25.8. The van der Waals surface area contributed by atoms with Gasteiger partial charge in [-0.15, -0.1) is 11.3 Å². The Bertz CT molecular complexity index is 1170. The van der Waals surface area contributed by atoms with Gasteiger partial charge < -0.3 is 15.4 Å². The van der Waals surface area contributed by atoms with E-state index in [-0.39, 0.29) is 12.3 Å². The first kappa shape index (κ1) is 20.5. The molecule has 0 saturated carbocycles. The highest BCUT2D eigenvalue weighted by Gasteiger charge is 2.12. The minimum Gasteiger partial charge on any atom is -0.455 e. The molecule has 2 aromatic heterocycles. The Morgan fingerprint density at radius 2 is 1.68 bits per heavy atom. The molecular weight excluding hydrogens is 410 g/mol. The Hall–Kier alpha value is -3.78. The average molecular weight is 432 g/mol. The first-order valence-electron chi connectivity index (χ1n) is 9.71. The lowest BCUT2D eigenvalue weighted by atomic mass is 10.2. The zero-order valence-corrected chi connectivity index (χ0v) is 17.9. The summed E-state index contributed by atoms with van der Waals surface area (Å²) < 4.78 is 5.90. The van der Waals surface area contributed by atoms with E-state index in [1.54, 1.807) is 0 Å². The van der Waals surface area contributed by atoms with Crippen LogP contribution in [0.1, 0.15) is 17.1 Å². The summed E-state index contributed by atoms with van der Waals surface area (Å²) in [6, 6.07) is 18.7. The standard InChI is InChI=1S/C23H21N5O2S/c1-15-12-16(2)25-22(24-15)28-23-26-17(14-31-23)13-21(29)27-19-10-6-7-11-20(19)30-18-8-4-3-5-9-18/h3-12,14H,13H2,1-2H3,(H,27,29)(H,24,25,26,28). The van der Waals surface area contributed by atoms with Crippen molar-refractivity contribution in [2.24, 2.45) is 0 Å². The quantitative estimate of drug-likeness (QED) is 0.415. The number of para-hydroxylation sites is 3. The van der Waals surface area contributed by atoms with Crippen molar-refractivity contribution < 1.29 is 9.53 Å². The minimum absolute atomic E-state index is 0.144. The third kappa shape index (κ3) is 5.64. The van der Waals surface area contributed by atoms with E-state index >= 15 is 0 Å². The normalized spacial score (nSPS) is 10.5. The van der Waals surface area contributed by atoms with E-state index in [2.05, 4.69) is 25.6 Å². The molecule has 2 heterocycles. The van der Waals surface area contributed by atoms with Crippen LogP contribution in [0.4, 0.5) is 16.8 Å². The molecule has 7 nitrogen and oxygen atoms in total. The summed E-state index contributed by atoms with van der Waals surface area (Å²) in [5, 5.41) is 8.49. The van der Waals surface area contributed by atoms with Crippen molar-refractivity contribution in [3.63, 3.8) is 0 Å². The highest BCUT2D eigenvalue weighted by molar-refractivity contribution is 7.13. The van der Waals surface area contributed by atoms with E-state index in [1.807, 2.05) is 79.9 Å². The highest BCUT2D eigenvalue weighted by atomic mass is 32.1. The van der Waals surface area contributed by atoms with Gasteiger partial charge in [-0.25, -0.2) is 15.0 Å². The Morgan fingerprint density at radius 1 is 0.968 bits per heavy atom. The summed E-state index contributed by atoms with van der Waals surface area (Å²) in [7, 11) is 0. The van der Waals surface area contributed by atoms with E-state index in [0.717, 1.165) is 11.4 Å². The average Bonchev–Trinajstić information content (AvgIpc) is 3.16. The van der Waals surface area contributed by atoms with Crippen LogP contribution in [-0.2, 0) is 11.2 Å². The fraction of sp³-hybridized carbons (Fsp3) is 0.130. The number of ether oxygens (including phenoxy) is 1. The summed E-state index contributed by atoms with van der Waals surface area (Å²) in [5.74, 6) is 1.60. The van der Waals surface area contributed by atoms with Crippen molar-refractivity contribution in [1.82, 2.24) is 15.0 Å². The van der Waals surface area contributed by atoms with Crippen molar-refractivity contribution in [3.8, 4) is 11.5 Å². The number of nitrogens with one attached hydrogen (secondary N) is 2. The maximum absolute atomic E-state index is 12.6. The van der Waals surface area contributed by atoms with Crippen LogP contribution in [-0.4, -0.2) is 20.9 Å². The highest BCUT2D eigenvalue weighted by Crippen LogP contribution is 2.29. The fourth-order valence-corrected chi connectivity index (χ4v) is 3.66. The molecule has 2 aromatic carbocycles. The Kier molecular flexibility index (Phi) is 6.18. The summed E-state index contributed by atoms with van der Waals surface area (Å²) >= 11 is 1.40. The number of carbonyl (C=O) groups is 1. The Morgan fingerprint density at radius 3 is 2.45 bits per heavy atom. The van der Waals surface area contributed by atoms with Crippen LogP contribution < -0.4 is 15.4 Å². The van der Waals surface area contributed by atoms with Crippen molar-refractivity contribution in [2.45, 2.75) is 20.3 Å². The number of thiazole rings is 1. The second kappa shape index (κ2) is 9.36. The molecule has 0 saturated heterocycles. The lowest BCUT2D eigenvalue weighted by molar-refractivity contribution is -0.115. The van der Waals surface area contributed by atoms with Gasteiger partial charge in [0.2, 0.25) is 11.9 Å². The molecule has 0 radical (unpaired) electrons. The molecule has 0 atom stereocenters. The predicted octanol–water partition coefficient (Wildman–Crippen LogP) is 5.27. The first-order valence-corrected chi connectivity index (χ1v) is 10.6. The molecule has 0 bridgehead atoms. The van der Waals surface area contributed by atoms with Gasteiger partial charge in [-0.2, -0.15) is 0 Å². The number of carbonyl (C=O) groups excluding carboxylic acids is 1. The van der Waals surface area contributed by atoms with Crippen molar-refractivity contribution in [1.29, 1.82) is 0 Å². The van der Waals surface area contributed by atoms with E-state index in [1.165, 1.54) is 11.3 Å². The van der Waals surface area contributed by atoms with Gasteiger partial charge in [-0.1, -0.05) is 30.3 Å². The molecule has 0 aliphatic carbocycles. The predicted molar refractivity (Wildman–Crippen MR) is 122 cm³/mol. The van der Waals surface area contributed by atoms with Crippen LogP contribution in [0.25, 0.3) is 0 Å². The van der Waals surface area contributed by atoms with Crippen LogP contribution in [0.15, 0.2) is 66.0 Å². The van der Waals surface area contributed by atoms with Gasteiger partial charge in [0.05, 0.1) is 17.8 Å². The molecule has 2 N–H and O–H groups in total. The summed E-state index contributed by atoms with van der Waals surface area (Å²) in [6.07, 6.45) is 0.144.